The Morgan fingerprint density at radius 2 is 1.69 bits per heavy atom. The predicted molar refractivity (Wildman–Crippen MR) is 123 cm³/mol. The Balaban J connectivity index is 0.00000120. The van der Waals surface area contributed by atoms with Crippen molar-refractivity contribution in [3.05, 3.63) is 40.6 Å². The lowest BCUT2D eigenvalue weighted by Gasteiger charge is -2.35. The summed E-state index contributed by atoms with van der Waals surface area (Å²) in [4.78, 5) is 20.6. The zero-order valence-corrected chi connectivity index (χ0v) is 19.0. The Morgan fingerprint density at radius 3 is 2.31 bits per heavy atom. The van der Waals surface area contributed by atoms with Crippen LogP contribution in [0.1, 0.15) is 71.6 Å². The van der Waals surface area contributed by atoms with Crippen molar-refractivity contribution in [2.45, 2.75) is 76.4 Å². The molecular formula is C23H31Cl2N3O. The Labute approximate surface area is 185 Å². The smallest absolute Gasteiger partial charge is 0.254 e. The lowest BCUT2D eigenvalue weighted by molar-refractivity contribution is 0.0683. The van der Waals surface area contributed by atoms with Gasteiger partial charge in [0.15, 0.2) is 0 Å². The van der Waals surface area contributed by atoms with E-state index < -0.39 is 0 Å². The van der Waals surface area contributed by atoms with Crippen LogP contribution in [0, 0.1) is 13.8 Å². The molecule has 29 heavy (non-hydrogen) atoms. The molecule has 3 aliphatic rings. The number of nitrogens with one attached hydrogen (secondary N) is 1. The van der Waals surface area contributed by atoms with Crippen LogP contribution in [0.3, 0.4) is 0 Å². The van der Waals surface area contributed by atoms with Gasteiger partial charge in [0.2, 0.25) is 0 Å². The molecule has 3 fully saturated rings. The molecule has 6 heteroatoms. The fourth-order valence-corrected chi connectivity index (χ4v) is 5.17. The minimum atomic E-state index is 0. The van der Waals surface area contributed by atoms with Crippen LogP contribution in [-0.4, -0.2) is 41.0 Å². The Bertz CT molecular complexity index is 916. The third-order valence-electron chi connectivity index (χ3n) is 6.81. The summed E-state index contributed by atoms with van der Waals surface area (Å²) in [6.07, 6.45) is 7.07. The van der Waals surface area contributed by atoms with Crippen LogP contribution >= 0.6 is 24.8 Å². The van der Waals surface area contributed by atoms with E-state index in [0.717, 1.165) is 35.0 Å². The van der Waals surface area contributed by atoms with Crippen LogP contribution < -0.4 is 5.32 Å². The van der Waals surface area contributed by atoms with Gasteiger partial charge < -0.3 is 10.2 Å². The number of fused-ring (bicyclic) bond motifs is 3. The maximum atomic E-state index is 13.6. The molecule has 1 amide bonds. The van der Waals surface area contributed by atoms with Gasteiger partial charge in [0.25, 0.3) is 5.91 Å². The summed E-state index contributed by atoms with van der Waals surface area (Å²) in [6, 6.07) is 7.92. The number of carbonyl (C=O) groups is 1. The van der Waals surface area contributed by atoms with Crippen molar-refractivity contribution in [2.75, 3.05) is 7.05 Å². The Morgan fingerprint density at radius 1 is 1.03 bits per heavy atom. The normalized spacial score (nSPS) is 25.3. The fourth-order valence-electron chi connectivity index (χ4n) is 5.17. The number of nitrogens with zero attached hydrogens (tertiary/aromatic N) is 2. The van der Waals surface area contributed by atoms with Gasteiger partial charge in [-0.2, -0.15) is 0 Å². The van der Waals surface area contributed by atoms with Gasteiger partial charge in [-0.3, -0.25) is 9.78 Å². The molecule has 1 saturated carbocycles. The van der Waals surface area contributed by atoms with Gasteiger partial charge in [-0.1, -0.05) is 11.6 Å². The van der Waals surface area contributed by atoms with Crippen LogP contribution in [0.15, 0.2) is 18.2 Å². The van der Waals surface area contributed by atoms with Crippen molar-refractivity contribution in [1.82, 2.24) is 15.2 Å². The largest absolute Gasteiger partial charge is 0.339 e. The fraction of sp³-hybridized carbons (Fsp3) is 0.565. The number of carbonyl (C=O) groups excluding carboxylic acids is 1. The first-order chi connectivity index (χ1) is 13.0. The van der Waals surface area contributed by atoms with Gasteiger partial charge in [-0.05, 0) is 70.1 Å². The highest BCUT2D eigenvalue weighted by Crippen LogP contribution is 2.41. The van der Waals surface area contributed by atoms with Gasteiger partial charge >= 0.3 is 0 Å². The van der Waals surface area contributed by atoms with Gasteiger partial charge in [0, 0.05) is 42.2 Å². The number of amides is 1. The van der Waals surface area contributed by atoms with Crippen LogP contribution in [-0.2, 0) is 0 Å². The molecule has 158 valence electrons. The molecule has 2 bridgehead atoms. The highest BCUT2D eigenvalue weighted by atomic mass is 35.5. The van der Waals surface area contributed by atoms with E-state index in [9.17, 15) is 4.79 Å². The number of aromatic nitrogens is 1. The molecule has 2 unspecified atom stereocenters. The molecule has 1 aromatic carbocycles. The first-order valence-corrected chi connectivity index (χ1v) is 10.4. The summed E-state index contributed by atoms with van der Waals surface area (Å²) in [7, 11) is 2.00. The third kappa shape index (κ3) is 4.12. The van der Waals surface area contributed by atoms with Crippen LogP contribution in [0.4, 0.5) is 0 Å². The molecule has 1 aliphatic carbocycles. The first kappa shape index (κ1) is 22.3. The maximum absolute atomic E-state index is 13.6. The molecule has 5 rings (SSSR count). The quantitative estimate of drug-likeness (QED) is 0.742. The highest BCUT2D eigenvalue weighted by molar-refractivity contribution is 6.07. The molecule has 4 nitrogen and oxygen atoms in total. The molecule has 0 radical (unpaired) electrons. The first-order valence-electron chi connectivity index (χ1n) is 10.4. The molecule has 2 aliphatic heterocycles. The number of hydrogen-bond acceptors (Lipinski definition) is 3. The molecule has 3 heterocycles. The van der Waals surface area contributed by atoms with Crippen molar-refractivity contribution in [2.24, 2.45) is 0 Å². The van der Waals surface area contributed by atoms with E-state index in [1.165, 1.54) is 36.8 Å². The number of rotatable bonds is 3. The second-order valence-electron chi connectivity index (χ2n) is 9.03. The van der Waals surface area contributed by atoms with Gasteiger partial charge in [0.1, 0.15) is 0 Å². The van der Waals surface area contributed by atoms with Crippen LogP contribution in [0.2, 0.25) is 0 Å². The predicted octanol–water partition coefficient (Wildman–Crippen LogP) is 4.93. The Hall–Kier alpha value is -1.36. The topological polar surface area (TPSA) is 45.2 Å². The molecule has 0 spiro atoms. The highest BCUT2D eigenvalue weighted by Gasteiger charge is 2.37. The van der Waals surface area contributed by atoms with E-state index in [2.05, 4.69) is 37.4 Å². The number of halogens is 2. The van der Waals surface area contributed by atoms with Crippen molar-refractivity contribution >= 4 is 41.6 Å². The second kappa shape index (κ2) is 8.41. The molecule has 1 aromatic heterocycles. The van der Waals surface area contributed by atoms with Crippen molar-refractivity contribution in [3.63, 3.8) is 0 Å². The molecule has 1 N–H and O–H groups in total. The summed E-state index contributed by atoms with van der Waals surface area (Å²) in [5, 5.41) is 4.70. The van der Waals surface area contributed by atoms with E-state index in [-0.39, 0.29) is 30.7 Å². The summed E-state index contributed by atoms with van der Waals surface area (Å²) in [5.41, 5.74) is 5.33. The van der Waals surface area contributed by atoms with E-state index in [1.807, 2.05) is 11.9 Å². The van der Waals surface area contributed by atoms with Crippen molar-refractivity contribution in [3.8, 4) is 0 Å². The maximum Gasteiger partial charge on any atom is 0.254 e. The number of aryl methyl sites for hydroxylation is 2. The minimum absolute atomic E-state index is 0. The van der Waals surface area contributed by atoms with Gasteiger partial charge in [-0.25, -0.2) is 0 Å². The summed E-state index contributed by atoms with van der Waals surface area (Å²) in [6.45, 7) is 4.21. The molecular weight excluding hydrogens is 405 g/mol. The van der Waals surface area contributed by atoms with Crippen LogP contribution in [0.25, 0.3) is 10.9 Å². The summed E-state index contributed by atoms with van der Waals surface area (Å²) >= 11 is 0. The van der Waals surface area contributed by atoms with Crippen LogP contribution in [0.5, 0.6) is 0 Å². The monoisotopic (exact) mass is 435 g/mol. The van der Waals surface area contributed by atoms with Gasteiger partial charge in [-0.15, -0.1) is 24.8 Å². The zero-order chi connectivity index (χ0) is 18.7. The van der Waals surface area contributed by atoms with Crippen molar-refractivity contribution < 1.29 is 4.79 Å². The zero-order valence-electron chi connectivity index (χ0n) is 17.4. The number of benzene rings is 1. The standard InChI is InChI=1S/C23H29N3O.2ClH/c1-13-8-14(2)22-19(9-13)20(12-21(25-22)15-4-5-15)23(27)26(3)18-10-16-6-7-17(11-18)24-16;;/h8-9,12,15-18,24H,4-7,10-11H2,1-3H3;2*1H. The minimum Gasteiger partial charge on any atom is -0.339 e. The number of piperidine rings is 1. The van der Waals surface area contributed by atoms with E-state index in [4.69, 9.17) is 4.98 Å². The second-order valence-corrected chi connectivity index (χ2v) is 9.03. The lowest BCUT2D eigenvalue weighted by Crippen LogP contribution is -2.48. The third-order valence-corrected chi connectivity index (χ3v) is 6.81. The summed E-state index contributed by atoms with van der Waals surface area (Å²) < 4.78 is 0. The summed E-state index contributed by atoms with van der Waals surface area (Å²) in [5.74, 6) is 0.710. The molecule has 2 atom stereocenters. The van der Waals surface area contributed by atoms with E-state index in [1.54, 1.807) is 0 Å². The van der Waals surface area contributed by atoms with Gasteiger partial charge in [0.05, 0.1) is 11.1 Å². The number of hydrogen-bond donors (Lipinski definition) is 1. The van der Waals surface area contributed by atoms with Crippen molar-refractivity contribution in [1.29, 1.82) is 0 Å². The molecule has 2 saturated heterocycles. The van der Waals surface area contributed by atoms with E-state index in [0.29, 0.717) is 24.0 Å². The molecule has 2 aromatic rings. The van der Waals surface area contributed by atoms with E-state index >= 15 is 0 Å². The number of pyridine rings is 1. The Kier molecular flexibility index (Phi) is 6.47. The SMILES string of the molecule is Cc1cc(C)c2nc(C3CC3)cc(C(=O)N(C)C3CC4CCC(C3)N4)c2c1.Cl.Cl. The lowest BCUT2D eigenvalue weighted by atomic mass is 9.96. The average molecular weight is 436 g/mol. The average Bonchev–Trinajstić information content (AvgIpc) is 3.44.